The van der Waals surface area contributed by atoms with Crippen LogP contribution < -0.4 is 5.32 Å². The van der Waals surface area contributed by atoms with Gasteiger partial charge in [-0.05, 0) is 37.6 Å². The van der Waals surface area contributed by atoms with E-state index in [9.17, 15) is 0 Å². The molecule has 2 aromatic rings. The molecule has 0 amide bonds. The Labute approximate surface area is 109 Å². The van der Waals surface area contributed by atoms with E-state index < -0.39 is 0 Å². The number of benzene rings is 1. The molecule has 2 nitrogen and oxygen atoms in total. The van der Waals surface area contributed by atoms with Gasteiger partial charge >= 0.3 is 0 Å². The molecule has 2 rings (SSSR count). The zero-order valence-electron chi connectivity index (χ0n) is 10.1. The highest BCUT2D eigenvalue weighted by Gasteiger charge is 1.97. The maximum atomic E-state index is 4.27. The molecule has 0 atom stereocenters. The van der Waals surface area contributed by atoms with Crippen LogP contribution in [0.4, 0.5) is 5.69 Å². The van der Waals surface area contributed by atoms with Crippen molar-refractivity contribution in [1.82, 2.24) is 4.98 Å². The van der Waals surface area contributed by atoms with E-state index >= 15 is 0 Å². The van der Waals surface area contributed by atoms with E-state index in [4.69, 9.17) is 0 Å². The zero-order valence-corrected chi connectivity index (χ0v) is 10.9. The molecule has 0 aliphatic rings. The summed E-state index contributed by atoms with van der Waals surface area (Å²) in [5.74, 6) is 0. The van der Waals surface area contributed by atoms with Gasteiger partial charge in [0.25, 0.3) is 0 Å². The maximum absolute atomic E-state index is 4.27. The summed E-state index contributed by atoms with van der Waals surface area (Å²) in [5, 5.41) is 3.39. The van der Waals surface area contributed by atoms with E-state index in [0.29, 0.717) is 0 Å². The van der Waals surface area contributed by atoms with Gasteiger partial charge in [-0.15, -0.1) is 12.4 Å². The number of hydrogen-bond donors (Lipinski definition) is 1. The average Bonchev–Trinajstić information content (AvgIpc) is 2.30. The van der Waals surface area contributed by atoms with Crippen molar-refractivity contribution in [3.8, 4) is 0 Å². The summed E-state index contributed by atoms with van der Waals surface area (Å²) in [6, 6.07) is 12.5. The van der Waals surface area contributed by atoms with Crippen LogP contribution in [-0.2, 0) is 6.54 Å². The Morgan fingerprint density at radius 3 is 2.41 bits per heavy atom. The van der Waals surface area contributed by atoms with Crippen LogP contribution in [0, 0.1) is 13.8 Å². The molecule has 0 spiro atoms. The van der Waals surface area contributed by atoms with Gasteiger partial charge < -0.3 is 5.32 Å². The summed E-state index contributed by atoms with van der Waals surface area (Å²) in [7, 11) is 0. The molecule has 90 valence electrons. The molecule has 0 aliphatic heterocycles. The van der Waals surface area contributed by atoms with Gasteiger partial charge in [0.15, 0.2) is 0 Å². The van der Waals surface area contributed by atoms with E-state index in [1.807, 2.05) is 19.2 Å². The van der Waals surface area contributed by atoms with Crippen LogP contribution in [0.3, 0.4) is 0 Å². The molecule has 0 fully saturated rings. The van der Waals surface area contributed by atoms with Gasteiger partial charge in [0.2, 0.25) is 0 Å². The van der Waals surface area contributed by atoms with Gasteiger partial charge in [-0.3, -0.25) is 4.98 Å². The molecule has 0 unspecified atom stereocenters. The Kier molecular flexibility index (Phi) is 4.98. The Morgan fingerprint density at radius 2 is 1.76 bits per heavy atom. The minimum absolute atomic E-state index is 0. The Balaban J connectivity index is 0.00000144. The first-order valence-corrected chi connectivity index (χ1v) is 5.47. The molecule has 3 heteroatoms. The van der Waals surface area contributed by atoms with E-state index in [1.165, 1.54) is 11.1 Å². The molecule has 1 aromatic carbocycles. The van der Waals surface area contributed by atoms with Crippen LogP contribution in [0.15, 0.2) is 42.6 Å². The van der Waals surface area contributed by atoms with Crippen molar-refractivity contribution >= 4 is 18.1 Å². The number of rotatable bonds is 3. The van der Waals surface area contributed by atoms with Gasteiger partial charge in [0, 0.05) is 24.1 Å². The first-order chi connectivity index (χ1) is 7.75. The SMILES string of the molecule is Cc1ccc(NCc2cccnc2C)cc1.Cl. The Morgan fingerprint density at radius 1 is 1.06 bits per heavy atom. The minimum atomic E-state index is 0. The molecule has 0 aliphatic carbocycles. The van der Waals surface area contributed by atoms with Crippen molar-refractivity contribution in [3.63, 3.8) is 0 Å². The summed E-state index contributed by atoms with van der Waals surface area (Å²) in [5.41, 5.74) is 4.75. The van der Waals surface area contributed by atoms with Crippen molar-refractivity contribution in [1.29, 1.82) is 0 Å². The number of anilines is 1. The highest BCUT2D eigenvalue weighted by Crippen LogP contribution is 2.11. The molecular formula is C14H17ClN2. The van der Waals surface area contributed by atoms with E-state index in [2.05, 4.69) is 47.6 Å². The molecule has 0 saturated carbocycles. The van der Waals surface area contributed by atoms with Crippen LogP contribution >= 0.6 is 12.4 Å². The number of halogens is 1. The average molecular weight is 249 g/mol. The third-order valence-electron chi connectivity index (χ3n) is 2.65. The number of nitrogens with one attached hydrogen (secondary N) is 1. The lowest BCUT2D eigenvalue weighted by molar-refractivity contribution is 1.06. The second-order valence-corrected chi connectivity index (χ2v) is 3.97. The molecular weight excluding hydrogens is 232 g/mol. The lowest BCUT2D eigenvalue weighted by Crippen LogP contribution is -2.02. The minimum Gasteiger partial charge on any atom is -0.381 e. The lowest BCUT2D eigenvalue weighted by Gasteiger charge is -2.08. The van der Waals surface area contributed by atoms with Crippen molar-refractivity contribution in [2.75, 3.05) is 5.32 Å². The normalized spacial score (nSPS) is 9.53. The second-order valence-electron chi connectivity index (χ2n) is 3.97. The summed E-state index contributed by atoms with van der Waals surface area (Å²) in [6.45, 7) is 4.95. The van der Waals surface area contributed by atoms with Gasteiger partial charge in [0.1, 0.15) is 0 Å². The quantitative estimate of drug-likeness (QED) is 0.895. The molecule has 1 N–H and O–H groups in total. The largest absolute Gasteiger partial charge is 0.381 e. The smallest absolute Gasteiger partial charge is 0.0422 e. The van der Waals surface area contributed by atoms with Crippen molar-refractivity contribution in [2.45, 2.75) is 20.4 Å². The Hall–Kier alpha value is -1.54. The Bertz CT molecular complexity index is 466. The summed E-state index contributed by atoms with van der Waals surface area (Å²) >= 11 is 0. The third kappa shape index (κ3) is 3.75. The molecule has 1 heterocycles. The van der Waals surface area contributed by atoms with E-state index in [0.717, 1.165) is 17.9 Å². The first kappa shape index (κ1) is 13.5. The number of aromatic nitrogens is 1. The first-order valence-electron chi connectivity index (χ1n) is 5.47. The van der Waals surface area contributed by atoms with Gasteiger partial charge in [-0.2, -0.15) is 0 Å². The fourth-order valence-corrected chi connectivity index (χ4v) is 1.57. The summed E-state index contributed by atoms with van der Waals surface area (Å²) < 4.78 is 0. The van der Waals surface area contributed by atoms with Crippen molar-refractivity contribution in [3.05, 3.63) is 59.4 Å². The number of aryl methyl sites for hydroxylation is 2. The summed E-state index contributed by atoms with van der Waals surface area (Å²) in [4.78, 5) is 4.27. The fourth-order valence-electron chi connectivity index (χ4n) is 1.57. The predicted molar refractivity (Wildman–Crippen MR) is 74.7 cm³/mol. The zero-order chi connectivity index (χ0) is 11.4. The van der Waals surface area contributed by atoms with Crippen molar-refractivity contribution in [2.24, 2.45) is 0 Å². The van der Waals surface area contributed by atoms with E-state index in [1.54, 1.807) is 0 Å². The van der Waals surface area contributed by atoms with Gasteiger partial charge in [-0.1, -0.05) is 23.8 Å². The number of hydrogen-bond acceptors (Lipinski definition) is 2. The summed E-state index contributed by atoms with van der Waals surface area (Å²) in [6.07, 6.45) is 1.82. The fraction of sp³-hybridized carbons (Fsp3) is 0.214. The molecule has 0 bridgehead atoms. The predicted octanol–water partition coefficient (Wildman–Crippen LogP) is 3.73. The standard InChI is InChI=1S/C14H16N2.ClH/c1-11-5-7-14(8-6-11)16-10-13-4-3-9-15-12(13)2;/h3-9,16H,10H2,1-2H3;1H. The van der Waals surface area contributed by atoms with Crippen LogP contribution in [-0.4, -0.2) is 4.98 Å². The highest BCUT2D eigenvalue weighted by molar-refractivity contribution is 5.85. The van der Waals surface area contributed by atoms with Crippen LogP contribution in [0.5, 0.6) is 0 Å². The van der Waals surface area contributed by atoms with Crippen LogP contribution in [0.25, 0.3) is 0 Å². The third-order valence-corrected chi connectivity index (χ3v) is 2.65. The molecule has 17 heavy (non-hydrogen) atoms. The monoisotopic (exact) mass is 248 g/mol. The van der Waals surface area contributed by atoms with E-state index in [-0.39, 0.29) is 12.4 Å². The van der Waals surface area contributed by atoms with Gasteiger partial charge in [0.05, 0.1) is 0 Å². The molecule has 0 radical (unpaired) electrons. The molecule has 1 aromatic heterocycles. The van der Waals surface area contributed by atoms with Crippen LogP contribution in [0.1, 0.15) is 16.8 Å². The molecule has 0 saturated heterocycles. The maximum Gasteiger partial charge on any atom is 0.0422 e. The van der Waals surface area contributed by atoms with Gasteiger partial charge in [-0.25, -0.2) is 0 Å². The highest BCUT2D eigenvalue weighted by atomic mass is 35.5. The number of nitrogens with zero attached hydrogens (tertiary/aromatic N) is 1. The topological polar surface area (TPSA) is 24.9 Å². The number of pyridine rings is 1. The second kappa shape index (κ2) is 6.26. The lowest BCUT2D eigenvalue weighted by atomic mass is 10.2. The van der Waals surface area contributed by atoms with Crippen LogP contribution in [0.2, 0.25) is 0 Å². The van der Waals surface area contributed by atoms with Crippen molar-refractivity contribution < 1.29 is 0 Å².